The van der Waals surface area contributed by atoms with Gasteiger partial charge in [0.25, 0.3) is 0 Å². The number of carboxylic acids is 1. The van der Waals surface area contributed by atoms with Crippen molar-refractivity contribution in [3.05, 3.63) is 42.6 Å². The lowest BCUT2D eigenvalue weighted by molar-refractivity contribution is -0.131. The Morgan fingerprint density at radius 2 is 2.00 bits per heavy atom. The third-order valence-corrected chi connectivity index (χ3v) is 1.87. The summed E-state index contributed by atoms with van der Waals surface area (Å²) in [4.78, 5) is 23.2. The lowest BCUT2D eigenvalue weighted by Gasteiger charge is -2.17. The van der Waals surface area contributed by atoms with Crippen LogP contribution in [0.15, 0.2) is 42.6 Å². The molecule has 0 bridgehead atoms. The number of aliphatic carboxylic acids is 1. The molecule has 0 radical (unpaired) electrons. The molecule has 0 unspecified atom stereocenters. The van der Waals surface area contributed by atoms with E-state index in [1.807, 2.05) is 0 Å². The predicted octanol–water partition coefficient (Wildman–Crippen LogP) is 2.25. The Morgan fingerprint density at radius 3 is 2.53 bits per heavy atom. The van der Waals surface area contributed by atoms with Crippen molar-refractivity contribution < 1.29 is 19.4 Å². The molecule has 17 heavy (non-hydrogen) atoms. The zero-order chi connectivity index (χ0) is 12.7. The molecule has 0 saturated carbocycles. The maximum absolute atomic E-state index is 11.6. The van der Waals surface area contributed by atoms with Crippen LogP contribution in [-0.2, 0) is 9.53 Å². The highest BCUT2D eigenvalue weighted by Gasteiger charge is 2.13. The van der Waals surface area contributed by atoms with Crippen LogP contribution in [0.3, 0.4) is 0 Å². The van der Waals surface area contributed by atoms with Crippen molar-refractivity contribution in [1.82, 2.24) is 0 Å². The van der Waals surface area contributed by atoms with E-state index < -0.39 is 12.1 Å². The largest absolute Gasteiger partial charge is 0.478 e. The maximum Gasteiger partial charge on any atom is 0.418 e. The lowest BCUT2D eigenvalue weighted by atomic mass is 10.3. The molecular formula is C12H13NO4. The lowest BCUT2D eigenvalue weighted by Crippen LogP contribution is -2.26. The van der Waals surface area contributed by atoms with Crippen LogP contribution >= 0.6 is 0 Å². The molecule has 1 N–H and O–H groups in total. The summed E-state index contributed by atoms with van der Waals surface area (Å²) in [6.07, 6.45) is 1.43. The summed E-state index contributed by atoms with van der Waals surface area (Å²) in [6.45, 7) is 1.91. The molecule has 0 saturated heterocycles. The first kappa shape index (κ1) is 12.8. The first-order valence-corrected chi connectivity index (χ1v) is 5.07. The number of anilines is 1. The SMILES string of the molecule is CCOC(=O)N(C=CC(=O)O)c1ccccc1. The van der Waals surface area contributed by atoms with E-state index in [0.717, 1.165) is 17.2 Å². The quantitative estimate of drug-likeness (QED) is 0.813. The van der Waals surface area contributed by atoms with Gasteiger partial charge in [-0.3, -0.25) is 4.90 Å². The second kappa shape index (κ2) is 6.32. The van der Waals surface area contributed by atoms with E-state index in [0.29, 0.717) is 5.69 Å². The summed E-state index contributed by atoms with van der Waals surface area (Å²) in [5.41, 5.74) is 0.545. The molecule has 0 aliphatic heterocycles. The molecule has 0 aliphatic rings. The van der Waals surface area contributed by atoms with Gasteiger partial charge in [-0.1, -0.05) is 18.2 Å². The van der Waals surface area contributed by atoms with E-state index >= 15 is 0 Å². The molecule has 0 aliphatic carbocycles. The van der Waals surface area contributed by atoms with Crippen LogP contribution < -0.4 is 4.90 Å². The van der Waals surface area contributed by atoms with Gasteiger partial charge < -0.3 is 9.84 Å². The molecule has 1 amide bonds. The van der Waals surface area contributed by atoms with Crippen LogP contribution in [0.2, 0.25) is 0 Å². The number of carboxylic acid groups (broad SMARTS) is 1. The average Bonchev–Trinajstić information content (AvgIpc) is 2.30. The number of para-hydroxylation sites is 1. The summed E-state index contributed by atoms with van der Waals surface area (Å²) in [6, 6.07) is 8.66. The van der Waals surface area contributed by atoms with Crippen molar-refractivity contribution in [2.75, 3.05) is 11.5 Å². The van der Waals surface area contributed by atoms with Gasteiger partial charge in [0.2, 0.25) is 0 Å². The second-order valence-corrected chi connectivity index (χ2v) is 3.06. The minimum atomic E-state index is -1.13. The van der Waals surface area contributed by atoms with Crippen LogP contribution in [0.5, 0.6) is 0 Å². The molecule has 1 rings (SSSR count). The number of amides is 1. The summed E-state index contributed by atoms with van der Waals surface area (Å²) < 4.78 is 4.83. The standard InChI is InChI=1S/C12H13NO4/c1-2-17-12(16)13(9-8-11(14)15)10-6-4-3-5-7-10/h3-9H,2H2,1H3,(H,14,15). The molecule has 5 nitrogen and oxygen atoms in total. The molecular weight excluding hydrogens is 222 g/mol. The first-order chi connectivity index (χ1) is 8.15. The number of hydrogen-bond acceptors (Lipinski definition) is 3. The van der Waals surface area contributed by atoms with Crippen molar-refractivity contribution in [2.45, 2.75) is 6.92 Å². The van der Waals surface area contributed by atoms with Crippen LogP contribution in [0.4, 0.5) is 10.5 Å². The Kier molecular flexibility index (Phi) is 4.75. The molecule has 90 valence electrons. The third-order valence-electron chi connectivity index (χ3n) is 1.87. The minimum absolute atomic E-state index is 0.225. The first-order valence-electron chi connectivity index (χ1n) is 5.07. The second-order valence-electron chi connectivity index (χ2n) is 3.06. The van der Waals surface area contributed by atoms with Gasteiger partial charge in [0.15, 0.2) is 0 Å². The van der Waals surface area contributed by atoms with Gasteiger partial charge in [-0.05, 0) is 19.1 Å². The highest BCUT2D eigenvalue weighted by atomic mass is 16.6. The van der Waals surface area contributed by atoms with Gasteiger partial charge in [-0.15, -0.1) is 0 Å². The fourth-order valence-electron chi connectivity index (χ4n) is 1.17. The van der Waals surface area contributed by atoms with E-state index in [1.54, 1.807) is 37.3 Å². The van der Waals surface area contributed by atoms with Crippen molar-refractivity contribution >= 4 is 17.7 Å². The topological polar surface area (TPSA) is 66.8 Å². The van der Waals surface area contributed by atoms with E-state index in [-0.39, 0.29) is 6.61 Å². The smallest absolute Gasteiger partial charge is 0.418 e. The van der Waals surface area contributed by atoms with Gasteiger partial charge >= 0.3 is 12.1 Å². The Bertz CT molecular complexity index is 414. The van der Waals surface area contributed by atoms with Gasteiger partial charge in [0.05, 0.1) is 12.3 Å². The number of nitrogens with zero attached hydrogens (tertiary/aromatic N) is 1. The summed E-state index contributed by atoms with van der Waals surface area (Å²) in [7, 11) is 0. The fourth-order valence-corrected chi connectivity index (χ4v) is 1.17. The summed E-state index contributed by atoms with van der Waals surface area (Å²) in [5.74, 6) is -1.13. The average molecular weight is 235 g/mol. The molecule has 1 aromatic carbocycles. The van der Waals surface area contributed by atoms with Gasteiger partial charge in [-0.2, -0.15) is 0 Å². The third kappa shape index (κ3) is 3.98. The van der Waals surface area contributed by atoms with E-state index in [1.165, 1.54) is 0 Å². The predicted molar refractivity (Wildman–Crippen MR) is 62.7 cm³/mol. The van der Waals surface area contributed by atoms with Crippen molar-refractivity contribution in [3.63, 3.8) is 0 Å². The van der Waals surface area contributed by atoms with Crippen LogP contribution in [-0.4, -0.2) is 23.8 Å². The van der Waals surface area contributed by atoms with Crippen LogP contribution in [0, 0.1) is 0 Å². The van der Waals surface area contributed by atoms with Gasteiger partial charge in [-0.25, -0.2) is 9.59 Å². The van der Waals surface area contributed by atoms with Gasteiger partial charge in [0.1, 0.15) is 0 Å². The molecule has 0 atom stereocenters. The minimum Gasteiger partial charge on any atom is -0.478 e. The number of ether oxygens (including phenoxy) is 1. The van der Waals surface area contributed by atoms with Crippen molar-refractivity contribution in [1.29, 1.82) is 0 Å². The zero-order valence-corrected chi connectivity index (χ0v) is 9.37. The summed E-state index contributed by atoms with van der Waals surface area (Å²) >= 11 is 0. The Balaban J connectivity index is 2.94. The zero-order valence-electron chi connectivity index (χ0n) is 9.37. The number of rotatable bonds is 4. The maximum atomic E-state index is 11.6. The Morgan fingerprint density at radius 1 is 1.35 bits per heavy atom. The van der Waals surface area contributed by atoms with Crippen molar-refractivity contribution in [3.8, 4) is 0 Å². The van der Waals surface area contributed by atoms with Crippen molar-refractivity contribution in [2.24, 2.45) is 0 Å². The Labute approximate surface area is 98.9 Å². The number of carbonyl (C=O) groups excluding carboxylic acids is 1. The molecule has 5 heteroatoms. The molecule has 0 heterocycles. The van der Waals surface area contributed by atoms with Crippen LogP contribution in [0.1, 0.15) is 6.92 Å². The van der Waals surface area contributed by atoms with E-state index in [9.17, 15) is 9.59 Å². The summed E-state index contributed by atoms with van der Waals surface area (Å²) in [5, 5.41) is 8.56. The van der Waals surface area contributed by atoms with Crippen LogP contribution in [0.25, 0.3) is 0 Å². The number of benzene rings is 1. The monoisotopic (exact) mass is 235 g/mol. The highest BCUT2D eigenvalue weighted by molar-refractivity contribution is 5.91. The number of hydrogen-bond donors (Lipinski definition) is 1. The van der Waals surface area contributed by atoms with E-state index in [2.05, 4.69) is 0 Å². The fraction of sp³-hybridized carbons (Fsp3) is 0.167. The van der Waals surface area contributed by atoms with Gasteiger partial charge in [0, 0.05) is 12.3 Å². The molecule has 0 aromatic heterocycles. The highest BCUT2D eigenvalue weighted by Crippen LogP contribution is 2.14. The van der Waals surface area contributed by atoms with E-state index in [4.69, 9.17) is 9.84 Å². The Hall–Kier alpha value is -2.30. The number of carbonyl (C=O) groups is 2. The molecule has 0 fully saturated rings. The normalized spacial score (nSPS) is 10.2. The molecule has 1 aromatic rings. The molecule has 0 spiro atoms.